The molecule has 1 fully saturated rings. The summed E-state index contributed by atoms with van der Waals surface area (Å²) in [6.07, 6.45) is 6.67. The first-order valence-electron chi connectivity index (χ1n) is 8.29. The van der Waals surface area contributed by atoms with E-state index in [9.17, 15) is 13.2 Å². The third-order valence-corrected chi connectivity index (χ3v) is 7.08. The molecule has 2 aromatic rings. The van der Waals surface area contributed by atoms with Crippen LogP contribution in [0.25, 0.3) is 0 Å². The number of amides is 1. The molecule has 3 heterocycles. The molecular formula is C16H22ClN5O3S2. The van der Waals surface area contributed by atoms with Crippen molar-refractivity contribution >= 4 is 44.8 Å². The Balaban J connectivity index is 0.00000261. The highest BCUT2D eigenvalue weighted by Crippen LogP contribution is 2.31. The van der Waals surface area contributed by atoms with Crippen molar-refractivity contribution < 1.29 is 13.2 Å². The molecule has 3 rings (SSSR count). The highest BCUT2D eigenvalue weighted by molar-refractivity contribution is 7.89. The van der Waals surface area contributed by atoms with Gasteiger partial charge in [0.05, 0.1) is 6.54 Å². The van der Waals surface area contributed by atoms with Crippen molar-refractivity contribution in [3.63, 3.8) is 0 Å². The number of hydrogen-bond acceptors (Lipinski definition) is 7. The van der Waals surface area contributed by atoms with Gasteiger partial charge in [-0.05, 0) is 44.0 Å². The molecule has 0 bridgehead atoms. The summed E-state index contributed by atoms with van der Waals surface area (Å²) >= 11 is 1.45. The lowest BCUT2D eigenvalue weighted by Gasteiger charge is -2.20. The minimum absolute atomic E-state index is 0. The van der Waals surface area contributed by atoms with Gasteiger partial charge in [0.25, 0.3) is 0 Å². The maximum absolute atomic E-state index is 12.4. The van der Waals surface area contributed by atoms with E-state index in [2.05, 4.69) is 20.6 Å². The number of likely N-dealkylation sites (N-methyl/N-ethyl adjacent to an activating group) is 1. The number of anilines is 1. The Bertz CT molecular complexity index is 854. The zero-order chi connectivity index (χ0) is 18.6. The van der Waals surface area contributed by atoms with Crippen LogP contribution in [-0.4, -0.2) is 55.3 Å². The summed E-state index contributed by atoms with van der Waals surface area (Å²) in [5, 5.41) is 6.50. The van der Waals surface area contributed by atoms with E-state index in [4.69, 9.17) is 0 Å². The largest absolute Gasteiger partial charge is 0.317 e. The molecule has 1 aliphatic heterocycles. The second kappa shape index (κ2) is 9.56. The molecule has 0 aromatic carbocycles. The molecule has 0 unspecified atom stereocenters. The van der Waals surface area contributed by atoms with Gasteiger partial charge in [0, 0.05) is 30.5 Å². The molecule has 11 heteroatoms. The highest BCUT2D eigenvalue weighted by Gasteiger charge is 2.24. The van der Waals surface area contributed by atoms with Gasteiger partial charge in [0.15, 0.2) is 5.13 Å². The number of aromatic nitrogens is 2. The SMILES string of the molecule is CN(CC(=O)Nc1ncc(C2CCNCC2)s1)S(=O)(=O)c1cccnc1.Cl. The minimum Gasteiger partial charge on any atom is -0.317 e. The number of sulfonamides is 1. The van der Waals surface area contributed by atoms with Crippen molar-refractivity contribution in [1.82, 2.24) is 19.6 Å². The van der Waals surface area contributed by atoms with Gasteiger partial charge in [-0.25, -0.2) is 13.4 Å². The Morgan fingerprint density at radius 2 is 2.11 bits per heavy atom. The summed E-state index contributed by atoms with van der Waals surface area (Å²) in [5.74, 6) is 0.0409. The van der Waals surface area contributed by atoms with Crippen molar-refractivity contribution in [2.24, 2.45) is 0 Å². The van der Waals surface area contributed by atoms with E-state index in [1.807, 2.05) is 0 Å². The van der Waals surface area contributed by atoms with Crippen molar-refractivity contribution in [2.45, 2.75) is 23.7 Å². The second-order valence-electron chi connectivity index (χ2n) is 6.09. The van der Waals surface area contributed by atoms with E-state index in [0.717, 1.165) is 35.1 Å². The normalized spacial score (nSPS) is 15.3. The number of rotatable bonds is 6. The van der Waals surface area contributed by atoms with Crippen molar-refractivity contribution in [3.05, 3.63) is 35.6 Å². The zero-order valence-electron chi connectivity index (χ0n) is 14.8. The van der Waals surface area contributed by atoms with Crippen LogP contribution in [0.2, 0.25) is 0 Å². The molecule has 2 aromatic heterocycles. The van der Waals surface area contributed by atoms with Crippen LogP contribution < -0.4 is 10.6 Å². The lowest BCUT2D eigenvalue weighted by Crippen LogP contribution is -2.35. The molecule has 0 aliphatic carbocycles. The average molecular weight is 432 g/mol. The molecule has 148 valence electrons. The van der Waals surface area contributed by atoms with E-state index in [-0.39, 0.29) is 23.8 Å². The Hall–Kier alpha value is -1.59. The Morgan fingerprint density at radius 1 is 1.37 bits per heavy atom. The molecule has 1 saturated heterocycles. The molecule has 8 nitrogen and oxygen atoms in total. The zero-order valence-corrected chi connectivity index (χ0v) is 17.2. The van der Waals surface area contributed by atoms with E-state index in [0.29, 0.717) is 11.0 Å². The van der Waals surface area contributed by atoms with Crippen LogP contribution in [-0.2, 0) is 14.8 Å². The van der Waals surface area contributed by atoms with Crippen molar-refractivity contribution in [1.29, 1.82) is 0 Å². The summed E-state index contributed by atoms with van der Waals surface area (Å²) in [5.41, 5.74) is 0. The monoisotopic (exact) mass is 431 g/mol. The van der Waals surface area contributed by atoms with Gasteiger partial charge in [0.1, 0.15) is 4.90 Å². The first-order valence-corrected chi connectivity index (χ1v) is 10.5. The topological polar surface area (TPSA) is 104 Å². The van der Waals surface area contributed by atoms with Gasteiger partial charge in [-0.3, -0.25) is 9.78 Å². The van der Waals surface area contributed by atoms with Crippen molar-refractivity contribution in [3.8, 4) is 0 Å². The van der Waals surface area contributed by atoms with E-state index in [1.165, 1.54) is 36.8 Å². The number of carbonyl (C=O) groups excluding carboxylic acids is 1. The van der Waals surface area contributed by atoms with Crippen LogP contribution in [0.5, 0.6) is 0 Å². The highest BCUT2D eigenvalue weighted by atomic mass is 35.5. The number of carbonyl (C=O) groups is 1. The number of halogens is 1. The Kier molecular flexibility index (Phi) is 7.68. The number of hydrogen-bond donors (Lipinski definition) is 2. The van der Waals surface area contributed by atoms with E-state index < -0.39 is 15.9 Å². The predicted molar refractivity (Wildman–Crippen MR) is 107 cm³/mol. The van der Waals surface area contributed by atoms with Crippen LogP contribution in [0.1, 0.15) is 23.6 Å². The van der Waals surface area contributed by atoms with E-state index >= 15 is 0 Å². The lowest BCUT2D eigenvalue weighted by atomic mass is 9.97. The van der Waals surface area contributed by atoms with Gasteiger partial charge in [0.2, 0.25) is 15.9 Å². The fraction of sp³-hybridized carbons (Fsp3) is 0.438. The summed E-state index contributed by atoms with van der Waals surface area (Å²) in [6, 6.07) is 2.99. The maximum atomic E-state index is 12.4. The van der Waals surface area contributed by atoms with Gasteiger partial charge in [-0.15, -0.1) is 23.7 Å². The molecular weight excluding hydrogens is 410 g/mol. The predicted octanol–water partition coefficient (Wildman–Crippen LogP) is 1.69. The van der Waals surface area contributed by atoms with Gasteiger partial charge in [-0.2, -0.15) is 4.31 Å². The van der Waals surface area contributed by atoms with Crippen LogP contribution in [0, 0.1) is 0 Å². The quantitative estimate of drug-likeness (QED) is 0.721. The molecule has 0 saturated carbocycles. The van der Waals surface area contributed by atoms with Crippen LogP contribution in [0.4, 0.5) is 5.13 Å². The summed E-state index contributed by atoms with van der Waals surface area (Å²) in [6.45, 7) is 1.68. The molecule has 2 N–H and O–H groups in total. The van der Waals surface area contributed by atoms with Gasteiger partial charge in [-0.1, -0.05) is 0 Å². The first-order chi connectivity index (χ1) is 12.5. The number of nitrogens with zero attached hydrogens (tertiary/aromatic N) is 3. The fourth-order valence-corrected chi connectivity index (χ4v) is 4.86. The van der Waals surface area contributed by atoms with Gasteiger partial charge < -0.3 is 10.6 Å². The van der Waals surface area contributed by atoms with Crippen LogP contribution >= 0.6 is 23.7 Å². The summed E-state index contributed by atoms with van der Waals surface area (Å²) < 4.78 is 25.8. The lowest BCUT2D eigenvalue weighted by molar-refractivity contribution is -0.116. The molecule has 0 atom stereocenters. The number of thiazole rings is 1. The van der Waals surface area contributed by atoms with Crippen LogP contribution in [0.3, 0.4) is 0 Å². The first kappa shape index (κ1) is 21.7. The fourth-order valence-electron chi connectivity index (χ4n) is 2.77. The molecule has 0 radical (unpaired) electrons. The maximum Gasteiger partial charge on any atom is 0.244 e. The van der Waals surface area contributed by atoms with Crippen molar-refractivity contribution in [2.75, 3.05) is 32.0 Å². The smallest absolute Gasteiger partial charge is 0.244 e. The van der Waals surface area contributed by atoms with E-state index in [1.54, 1.807) is 12.3 Å². The standard InChI is InChI=1S/C16H21N5O3S2.ClH/c1-21(26(23,24)13-3-2-6-18-9-13)11-15(22)20-16-19-10-14(25-16)12-4-7-17-8-5-12;/h2-3,6,9-10,12,17H,4-5,7-8,11H2,1H3,(H,19,20,22);1H. The number of pyridine rings is 1. The summed E-state index contributed by atoms with van der Waals surface area (Å²) in [7, 11) is -2.39. The van der Waals surface area contributed by atoms with Gasteiger partial charge >= 0.3 is 0 Å². The second-order valence-corrected chi connectivity index (χ2v) is 9.20. The molecule has 1 aliphatic rings. The minimum atomic E-state index is -3.75. The Morgan fingerprint density at radius 3 is 2.78 bits per heavy atom. The number of nitrogens with one attached hydrogen (secondary N) is 2. The molecule has 27 heavy (non-hydrogen) atoms. The average Bonchev–Trinajstić information content (AvgIpc) is 3.11. The van der Waals surface area contributed by atoms with Crippen LogP contribution in [0.15, 0.2) is 35.6 Å². The molecule has 0 spiro atoms. The third-order valence-electron chi connectivity index (χ3n) is 4.22. The Labute approximate surface area is 168 Å². The summed E-state index contributed by atoms with van der Waals surface area (Å²) in [4.78, 5) is 21.5. The molecule has 1 amide bonds. The number of piperidine rings is 1. The third kappa shape index (κ3) is 5.45.